The van der Waals surface area contributed by atoms with E-state index in [0.717, 1.165) is 30.3 Å². The maximum Gasteiger partial charge on any atom is 0.235 e. The third-order valence-corrected chi connectivity index (χ3v) is 6.43. The number of nitrogens with one attached hydrogen (secondary N) is 1. The van der Waals surface area contributed by atoms with Gasteiger partial charge in [-0.05, 0) is 73.6 Å². The lowest BCUT2D eigenvalue weighted by molar-refractivity contribution is -0.125. The molecule has 5 heteroatoms. The zero-order valence-electron chi connectivity index (χ0n) is 17.0. The highest BCUT2D eigenvalue weighted by Crippen LogP contribution is 2.36. The predicted molar refractivity (Wildman–Crippen MR) is 114 cm³/mol. The van der Waals surface area contributed by atoms with Crippen LogP contribution in [-0.4, -0.2) is 32.2 Å². The number of hydrogen-bond donors (Lipinski definition) is 1. The van der Waals surface area contributed by atoms with Crippen molar-refractivity contribution in [2.45, 2.75) is 38.0 Å². The lowest BCUT2D eigenvalue weighted by Gasteiger charge is -2.36. The monoisotopic (exact) mass is 396 g/mol. The summed E-state index contributed by atoms with van der Waals surface area (Å²) in [5, 5.41) is 3.07. The number of carbonyl (C=O) groups is 1. The van der Waals surface area contributed by atoms with Crippen molar-refractivity contribution in [2.24, 2.45) is 5.92 Å². The molecule has 0 radical (unpaired) electrons. The van der Waals surface area contributed by atoms with Crippen LogP contribution in [-0.2, 0) is 14.9 Å². The summed E-state index contributed by atoms with van der Waals surface area (Å²) < 4.78 is 19.3. The number of ether oxygens (including phenoxy) is 1. The standard InChI is InChI=1S/C24H29FN2O2/c1-18-9-13-27(14-10-18)22-7-5-21(6-8-22)26-23(28)24(11-15-29-16-12-24)19-3-2-4-20(25)17-19/h2-8,17-18H,9-16H2,1H3,(H,26,28). The van der Waals surface area contributed by atoms with E-state index in [2.05, 4.69) is 29.3 Å². The summed E-state index contributed by atoms with van der Waals surface area (Å²) in [7, 11) is 0. The molecule has 2 heterocycles. The van der Waals surface area contributed by atoms with Gasteiger partial charge in [-0.3, -0.25) is 4.79 Å². The van der Waals surface area contributed by atoms with Gasteiger partial charge in [-0.25, -0.2) is 4.39 Å². The van der Waals surface area contributed by atoms with Gasteiger partial charge in [-0.1, -0.05) is 19.1 Å². The quantitative estimate of drug-likeness (QED) is 0.811. The Morgan fingerprint density at radius 2 is 1.79 bits per heavy atom. The van der Waals surface area contributed by atoms with Crippen LogP contribution in [0.2, 0.25) is 0 Å². The molecule has 2 aromatic carbocycles. The summed E-state index contributed by atoms with van der Waals surface area (Å²) in [6, 6.07) is 14.5. The summed E-state index contributed by atoms with van der Waals surface area (Å²) in [4.78, 5) is 15.7. The van der Waals surface area contributed by atoms with E-state index in [0.29, 0.717) is 26.1 Å². The van der Waals surface area contributed by atoms with Crippen LogP contribution < -0.4 is 10.2 Å². The molecule has 2 aliphatic heterocycles. The maximum atomic E-state index is 13.9. The Kier molecular flexibility index (Phi) is 5.86. The normalized spacial score (nSPS) is 19.7. The van der Waals surface area contributed by atoms with E-state index in [4.69, 9.17) is 4.74 Å². The van der Waals surface area contributed by atoms with Crippen molar-refractivity contribution in [3.05, 3.63) is 59.9 Å². The number of halogens is 1. The molecular weight excluding hydrogens is 367 g/mol. The van der Waals surface area contributed by atoms with Crippen molar-refractivity contribution < 1.29 is 13.9 Å². The Hall–Kier alpha value is -2.40. The molecule has 0 unspecified atom stereocenters. The van der Waals surface area contributed by atoms with Crippen molar-refractivity contribution in [3.8, 4) is 0 Å². The van der Waals surface area contributed by atoms with Crippen LogP contribution in [0.3, 0.4) is 0 Å². The van der Waals surface area contributed by atoms with Gasteiger partial charge < -0.3 is 15.0 Å². The average molecular weight is 397 g/mol. The predicted octanol–water partition coefficient (Wildman–Crippen LogP) is 4.75. The molecule has 1 amide bonds. The number of benzene rings is 2. The van der Waals surface area contributed by atoms with E-state index in [1.165, 1.54) is 30.7 Å². The van der Waals surface area contributed by atoms with Crippen LogP contribution in [0.4, 0.5) is 15.8 Å². The van der Waals surface area contributed by atoms with Crippen molar-refractivity contribution in [2.75, 3.05) is 36.5 Å². The molecule has 2 aromatic rings. The molecule has 0 spiro atoms. The minimum Gasteiger partial charge on any atom is -0.381 e. The fraction of sp³-hybridized carbons (Fsp3) is 0.458. The first-order valence-corrected chi connectivity index (χ1v) is 10.6. The highest BCUT2D eigenvalue weighted by Gasteiger charge is 2.42. The van der Waals surface area contributed by atoms with Crippen LogP contribution >= 0.6 is 0 Å². The molecule has 0 bridgehead atoms. The lowest BCUT2D eigenvalue weighted by atomic mass is 9.73. The van der Waals surface area contributed by atoms with Gasteiger partial charge in [0.1, 0.15) is 5.82 Å². The Bertz CT molecular complexity index is 838. The number of anilines is 2. The minimum atomic E-state index is -0.762. The second-order valence-electron chi connectivity index (χ2n) is 8.38. The molecule has 2 saturated heterocycles. The topological polar surface area (TPSA) is 41.6 Å². The van der Waals surface area contributed by atoms with Crippen LogP contribution in [0.25, 0.3) is 0 Å². The van der Waals surface area contributed by atoms with Crippen molar-refractivity contribution in [1.82, 2.24) is 0 Å². The largest absolute Gasteiger partial charge is 0.381 e. The SMILES string of the molecule is CC1CCN(c2ccc(NC(=O)C3(c4cccc(F)c4)CCOCC3)cc2)CC1. The molecule has 2 fully saturated rings. The summed E-state index contributed by atoms with van der Waals surface area (Å²) in [6.07, 6.45) is 3.53. The average Bonchev–Trinajstić information content (AvgIpc) is 2.75. The van der Waals surface area contributed by atoms with Gasteiger partial charge in [0.25, 0.3) is 0 Å². The Morgan fingerprint density at radius 3 is 2.45 bits per heavy atom. The van der Waals surface area contributed by atoms with E-state index >= 15 is 0 Å². The van der Waals surface area contributed by atoms with Crippen molar-refractivity contribution in [1.29, 1.82) is 0 Å². The second-order valence-corrected chi connectivity index (χ2v) is 8.38. The first kappa shape index (κ1) is 19.9. The molecule has 2 aliphatic rings. The van der Waals surface area contributed by atoms with Gasteiger partial charge in [0.2, 0.25) is 5.91 Å². The molecule has 0 aromatic heterocycles. The number of nitrogens with zero attached hydrogens (tertiary/aromatic N) is 1. The summed E-state index contributed by atoms with van der Waals surface area (Å²) in [6.45, 7) is 5.46. The third-order valence-electron chi connectivity index (χ3n) is 6.43. The van der Waals surface area contributed by atoms with Crippen molar-refractivity contribution in [3.63, 3.8) is 0 Å². The highest BCUT2D eigenvalue weighted by atomic mass is 19.1. The van der Waals surface area contributed by atoms with E-state index in [-0.39, 0.29) is 11.7 Å². The van der Waals surface area contributed by atoms with Gasteiger partial charge in [-0.2, -0.15) is 0 Å². The third kappa shape index (κ3) is 4.30. The molecule has 1 N–H and O–H groups in total. The van der Waals surface area contributed by atoms with E-state index in [1.807, 2.05) is 18.2 Å². The molecule has 0 saturated carbocycles. The van der Waals surface area contributed by atoms with Gasteiger partial charge >= 0.3 is 0 Å². The molecule has 0 aliphatic carbocycles. The minimum absolute atomic E-state index is 0.0917. The molecule has 4 rings (SSSR count). The Morgan fingerprint density at radius 1 is 1.10 bits per heavy atom. The highest BCUT2D eigenvalue weighted by molar-refractivity contribution is 5.99. The van der Waals surface area contributed by atoms with Gasteiger partial charge in [-0.15, -0.1) is 0 Å². The van der Waals surface area contributed by atoms with Crippen molar-refractivity contribution >= 4 is 17.3 Å². The summed E-state index contributed by atoms with van der Waals surface area (Å²) in [5.41, 5.74) is 1.92. The van der Waals surface area contributed by atoms with E-state index < -0.39 is 5.41 Å². The number of carbonyl (C=O) groups excluding carboxylic acids is 1. The molecule has 4 nitrogen and oxygen atoms in total. The number of hydrogen-bond acceptors (Lipinski definition) is 3. The zero-order valence-corrected chi connectivity index (χ0v) is 17.0. The van der Waals surface area contributed by atoms with E-state index in [9.17, 15) is 9.18 Å². The zero-order chi connectivity index (χ0) is 20.3. The summed E-state index contributed by atoms with van der Waals surface area (Å²) in [5.74, 6) is 0.385. The fourth-order valence-electron chi connectivity index (χ4n) is 4.43. The number of rotatable bonds is 4. The molecular formula is C24H29FN2O2. The lowest BCUT2D eigenvalue weighted by Crippen LogP contribution is -2.44. The Balaban J connectivity index is 1.50. The Labute approximate surface area is 172 Å². The van der Waals surface area contributed by atoms with Crippen LogP contribution in [0.5, 0.6) is 0 Å². The first-order valence-electron chi connectivity index (χ1n) is 10.6. The van der Waals surface area contributed by atoms with Crippen LogP contribution in [0.1, 0.15) is 38.2 Å². The first-order chi connectivity index (χ1) is 14.1. The molecule has 154 valence electrons. The van der Waals surface area contributed by atoms with Gasteiger partial charge in [0, 0.05) is 37.7 Å². The van der Waals surface area contributed by atoms with E-state index in [1.54, 1.807) is 6.07 Å². The van der Waals surface area contributed by atoms with Gasteiger partial charge in [0.05, 0.1) is 5.41 Å². The van der Waals surface area contributed by atoms with Crippen LogP contribution in [0.15, 0.2) is 48.5 Å². The van der Waals surface area contributed by atoms with Crippen LogP contribution in [0, 0.1) is 11.7 Å². The van der Waals surface area contributed by atoms with Gasteiger partial charge in [0.15, 0.2) is 0 Å². The fourth-order valence-corrected chi connectivity index (χ4v) is 4.43. The summed E-state index contributed by atoms with van der Waals surface area (Å²) >= 11 is 0. The molecule has 0 atom stereocenters. The maximum absolute atomic E-state index is 13.9. The number of piperidine rings is 1. The number of amides is 1. The smallest absolute Gasteiger partial charge is 0.235 e. The second kappa shape index (κ2) is 8.54. The molecule has 29 heavy (non-hydrogen) atoms.